The van der Waals surface area contributed by atoms with Crippen molar-refractivity contribution in [2.75, 3.05) is 51.8 Å². The molecule has 1 aliphatic carbocycles. The van der Waals surface area contributed by atoms with Gasteiger partial charge in [0, 0.05) is 58.5 Å². The maximum atomic E-state index is 12.3. The minimum atomic E-state index is 0.0666. The monoisotopic (exact) mass is 373 g/mol. The van der Waals surface area contributed by atoms with Crippen LogP contribution >= 0.6 is 0 Å². The molecule has 1 saturated heterocycles. The minimum absolute atomic E-state index is 0.0666. The van der Waals surface area contributed by atoms with Crippen LogP contribution in [0.3, 0.4) is 0 Å². The average molecular weight is 374 g/mol. The van der Waals surface area contributed by atoms with Gasteiger partial charge in [-0.1, -0.05) is 18.2 Å². The molecule has 1 atom stereocenters. The molecule has 3 rings (SSSR count). The van der Waals surface area contributed by atoms with Gasteiger partial charge in [-0.2, -0.15) is 0 Å². The van der Waals surface area contributed by atoms with Gasteiger partial charge < -0.3 is 20.3 Å². The van der Waals surface area contributed by atoms with Gasteiger partial charge in [-0.25, -0.2) is 0 Å². The number of nitrogens with zero attached hydrogens (tertiary/aromatic N) is 3. The van der Waals surface area contributed by atoms with Crippen molar-refractivity contribution >= 4 is 17.6 Å². The number of benzene rings is 1. The number of hydrogen-bond donors (Lipinski definition) is 2. The van der Waals surface area contributed by atoms with Crippen LogP contribution in [-0.4, -0.2) is 75.8 Å². The van der Waals surface area contributed by atoms with Crippen molar-refractivity contribution in [3.8, 4) is 0 Å². The third-order valence-electron chi connectivity index (χ3n) is 5.09. The highest BCUT2D eigenvalue weighted by atomic mass is 16.5. The van der Waals surface area contributed by atoms with Crippen molar-refractivity contribution in [3.63, 3.8) is 0 Å². The van der Waals surface area contributed by atoms with Gasteiger partial charge in [-0.15, -0.1) is 0 Å². The SMILES string of the molecule is CN=C(NCCN(CCOC)C1CC1)NC1CC(=O)N(c2ccccc2)C1. The van der Waals surface area contributed by atoms with E-state index in [2.05, 4.69) is 20.5 Å². The van der Waals surface area contributed by atoms with Gasteiger partial charge >= 0.3 is 0 Å². The smallest absolute Gasteiger partial charge is 0.229 e. The van der Waals surface area contributed by atoms with Crippen LogP contribution in [0.4, 0.5) is 5.69 Å². The van der Waals surface area contributed by atoms with E-state index in [0.29, 0.717) is 19.0 Å². The zero-order valence-electron chi connectivity index (χ0n) is 16.4. The lowest BCUT2D eigenvalue weighted by Crippen LogP contribution is -2.47. The van der Waals surface area contributed by atoms with E-state index < -0.39 is 0 Å². The van der Waals surface area contributed by atoms with Gasteiger partial charge in [0.05, 0.1) is 12.6 Å². The average Bonchev–Trinajstić information content (AvgIpc) is 3.47. The first-order chi connectivity index (χ1) is 13.2. The number of rotatable bonds is 9. The number of ether oxygens (including phenoxy) is 1. The number of carbonyl (C=O) groups is 1. The molecule has 1 aromatic rings. The molecule has 1 unspecified atom stereocenters. The number of hydrogen-bond acceptors (Lipinski definition) is 4. The number of amides is 1. The minimum Gasteiger partial charge on any atom is -0.383 e. The number of aliphatic imine (C=N–C) groups is 1. The summed E-state index contributed by atoms with van der Waals surface area (Å²) in [7, 11) is 3.52. The zero-order valence-corrected chi connectivity index (χ0v) is 16.4. The van der Waals surface area contributed by atoms with E-state index in [1.165, 1.54) is 12.8 Å². The molecule has 1 amide bonds. The summed E-state index contributed by atoms with van der Waals surface area (Å²) in [4.78, 5) is 21.0. The zero-order chi connectivity index (χ0) is 19.1. The van der Waals surface area contributed by atoms with Crippen LogP contribution in [0.25, 0.3) is 0 Å². The predicted octanol–water partition coefficient (Wildman–Crippen LogP) is 1.07. The molecule has 1 saturated carbocycles. The molecule has 2 fully saturated rings. The summed E-state index contributed by atoms with van der Waals surface area (Å²) in [5.74, 6) is 0.902. The fourth-order valence-electron chi connectivity index (χ4n) is 3.49. The van der Waals surface area contributed by atoms with Crippen molar-refractivity contribution in [3.05, 3.63) is 30.3 Å². The Labute approximate surface area is 161 Å². The second-order valence-corrected chi connectivity index (χ2v) is 7.14. The van der Waals surface area contributed by atoms with Crippen molar-refractivity contribution in [2.45, 2.75) is 31.3 Å². The third-order valence-corrected chi connectivity index (χ3v) is 5.09. The largest absolute Gasteiger partial charge is 0.383 e. The molecule has 0 spiro atoms. The number of para-hydroxylation sites is 1. The van der Waals surface area contributed by atoms with Gasteiger partial charge in [0.25, 0.3) is 0 Å². The fourth-order valence-corrected chi connectivity index (χ4v) is 3.49. The highest BCUT2D eigenvalue weighted by Crippen LogP contribution is 2.26. The number of guanidine groups is 1. The summed E-state index contributed by atoms with van der Waals surface area (Å²) >= 11 is 0. The van der Waals surface area contributed by atoms with Crippen molar-refractivity contribution in [1.82, 2.24) is 15.5 Å². The number of methoxy groups -OCH3 is 1. The lowest BCUT2D eigenvalue weighted by molar-refractivity contribution is -0.117. The Morgan fingerprint density at radius 2 is 2.07 bits per heavy atom. The first-order valence-electron chi connectivity index (χ1n) is 9.77. The van der Waals surface area contributed by atoms with E-state index in [-0.39, 0.29) is 11.9 Å². The maximum absolute atomic E-state index is 12.3. The van der Waals surface area contributed by atoms with E-state index in [0.717, 1.165) is 37.9 Å². The summed E-state index contributed by atoms with van der Waals surface area (Å²) in [6, 6.07) is 10.6. The summed E-state index contributed by atoms with van der Waals surface area (Å²) in [6.07, 6.45) is 3.06. The lowest BCUT2D eigenvalue weighted by Gasteiger charge is -2.23. The molecule has 0 aromatic heterocycles. The molecular formula is C20H31N5O2. The Kier molecular flexibility index (Phi) is 7.06. The molecule has 1 aliphatic heterocycles. The first kappa shape index (κ1) is 19.6. The van der Waals surface area contributed by atoms with Gasteiger partial charge in [-0.3, -0.25) is 14.7 Å². The fraction of sp³-hybridized carbons (Fsp3) is 0.600. The van der Waals surface area contributed by atoms with E-state index >= 15 is 0 Å². The highest BCUT2D eigenvalue weighted by Gasteiger charge is 2.31. The molecule has 1 heterocycles. The van der Waals surface area contributed by atoms with Crippen LogP contribution in [0.15, 0.2) is 35.3 Å². The summed E-state index contributed by atoms with van der Waals surface area (Å²) < 4.78 is 5.21. The number of nitrogens with one attached hydrogen (secondary N) is 2. The molecule has 1 aromatic carbocycles. The highest BCUT2D eigenvalue weighted by molar-refractivity contribution is 5.97. The molecule has 7 heteroatoms. The topological polar surface area (TPSA) is 69.2 Å². The number of anilines is 1. The van der Waals surface area contributed by atoms with Gasteiger partial charge in [0.2, 0.25) is 5.91 Å². The summed E-state index contributed by atoms with van der Waals surface area (Å²) in [5.41, 5.74) is 0.952. The predicted molar refractivity (Wildman–Crippen MR) is 108 cm³/mol. The van der Waals surface area contributed by atoms with Gasteiger partial charge in [-0.05, 0) is 25.0 Å². The van der Waals surface area contributed by atoms with Crippen LogP contribution in [0.1, 0.15) is 19.3 Å². The second-order valence-electron chi connectivity index (χ2n) is 7.14. The molecule has 27 heavy (non-hydrogen) atoms. The standard InChI is InChI=1S/C20H31N5O2/c1-21-20(22-10-11-24(12-13-27-2)17-8-9-17)23-16-14-19(26)25(15-16)18-6-4-3-5-7-18/h3-7,16-17H,8-15H2,1-2H3,(H2,21,22,23). The van der Waals surface area contributed by atoms with Gasteiger partial charge in [0.15, 0.2) is 5.96 Å². The Hall–Kier alpha value is -2.12. The Morgan fingerprint density at radius 1 is 1.30 bits per heavy atom. The van der Waals surface area contributed by atoms with Crippen LogP contribution in [0, 0.1) is 0 Å². The third kappa shape index (κ3) is 5.68. The van der Waals surface area contributed by atoms with E-state index in [9.17, 15) is 4.79 Å². The quantitative estimate of drug-likeness (QED) is 0.501. The second kappa shape index (κ2) is 9.71. The van der Waals surface area contributed by atoms with Crippen molar-refractivity contribution in [2.24, 2.45) is 4.99 Å². The van der Waals surface area contributed by atoms with E-state index in [1.807, 2.05) is 35.2 Å². The molecule has 2 N–H and O–H groups in total. The normalized spacial score (nSPS) is 20.4. The Bertz CT molecular complexity index is 633. The number of carbonyl (C=O) groups excluding carboxylic acids is 1. The van der Waals surface area contributed by atoms with Crippen LogP contribution < -0.4 is 15.5 Å². The molecule has 7 nitrogen and oxygen atoms in total. The molecule has 0 bridgehead atoms. The molecule has 2 aliphatic rings. The Balaban J connectivity index is 1.44. The van der Waals surface area contributed by atoms with Crippen LogP contribution in [0.2, 0.25) is 0 Å². The molecule has 0 radical (unpaired) electrons. The van der Waals surface area contributed by atoms with E-state index in [4.69, 9.17) is 4.74 Å². The Morgan fingerprint density at radius 3 is 2.74 bits per heavy atom. The lowest BCUT2D eigenvalue weighted by atomic mass is 10.2. The van der Waals surface area contributed by atoms with Crippen molar-refractivity contribution in [1.29, 1.82) is 0 Å². The first-order valence-corrected chi connectivity index (χ1v) is 9.77. The van der Waals surface area contributed by atoms with Crippen molar-refractivity contribution < 1.29 is 9.53 Å². The summed E-state index contributed by atoms with van der Waals surface area (Å²) in [5, 5.41) is 6.77. The van der Waals surface area contributed by atoms with Crippen LogP contribution in [-0.2, 0) is 9.53 Å². The van der Waals surface area contributed by atoms with Crippen LogP contribution in [0.5, 0.6) is 0 Å². The van der Waals surface area contributed by atoms with E-state index in [1.54, 1.807) is 14.2 Å². The maximum Gasteiger partial charge on any atom is 0.229 e. The molecule has 148 valence electrons. The molecular weight excluding hydrogens is 342 g/mol. The van der Waals surface area contributed by atoms with Gasteiger partial charge in [0.1, 0.15) is 0 Å². The summed E-state index contributed by atoms with van der Waals surface area (Å²) in [6.45, 7) is 4.18.